The molecule has 0 spiro atoms. The van der Waals surface area contributed by atoms with Crippen LogP contribution in [0.4, 0.5) is 11.5 Å². The maximum Gasteiger partial charge on any atom is 0.227 e. The van der Waals surface area contributed by atoms with Crippen molar-refractivity contribution < 1.29 is 9.59 Å². The summed E-state index contributed by atoms with van der Waals surface area (Å²) in [5.74, 6) is 1.33. The van der Waals surface area contributed by atoms with Gasteiger partial charge < -0.3 is 15.5 Å². The molecule has 148 valence electrons. The van der Waals surface area contributed by atoms with E-state index in [0.29, 0.717) is 6.54 Å². The lowest BCUT2D eigenvalue weighted by molar-refractivity contribution is -0.125. The highest BCUT2D eigenvalue weighted by Gasteiger charge is 2.26. The fourth-order valence-corrected chi connectivity index (χ4v) is 4.01. The standard InChI is InChI=1S/C21H32N4O2/c1-2-3-12-22-20(26)17-9-6-13-25(15-17)19-11-10-18(14-23-19)24-21(27)16-7-4-5-8-16/h10-11,14,16-17H,2-9,12-13,15H2,1H3,(H,22,26)(H,24,27). The first-order chi connectivity index (χ1) is 13.2. The molecule has 6 nitrogen and oxygen atoms in total. The molecule has 1 aliphatic heterocycles. The summed E-state index contributed by atoms with van der Waals surface area (Å²) in [7, 11) is 0. The smallest absolute Gasteiger partial charge is 0.227 e. The Morgan fingerprint density at radius 1 is 1.11 bits per heavy atom. The Morgan fingerprint density at radius 3 is 2.59 bits per heavy atom. The van der Waals surface area contributed by atoms with Crippen LogP contribution in [0.1, 0.15) is 58.3 Å². The van der Waals surface area contributed by atoms with Crippen molar-refractivity contribution in [2.45, 2.75) is 58.3 Å². The lowest BCUT2D eigenvalue weighted by atomic mass is 9.97. The molecule has 0 bridgehead atoms. The zero-order chi connectivity index (χ0) is 19.1. The van der Waals surface area contributed by atoms with E-state index in [2.05, 4.69) is 27.4 Å². The van der Waals surface area contributed by atoms with Gasteiger partial charge in [0.2, 0.25) is 11.8 Å². The number of nitrogens with one attached hydrogen (secondary N) is 2. The van der Waals surface area contributed by atoms with E-state index in [4.69, 9.17) is 0 Å². The monoisotopic (exact) mass is 372 g/mol. The minimum atomic E-state index is 0.0270. The van der Waals surface area contributed by atoms with Crippen LogP contribution in [0, 0.1) is 11.8 Å². The van der Waals surface area contributed by atoms with Crippen molar-refractivity contribution in [1.82, 2.24) is 10.3 Å². The zero-order valence-electron chi connectivity index (χ0n) is 16.4. The SMILES string of the molecule is CCCCNC(=O)C1CCCN(c2ccc(NC(=O)C3CCCC3)cn2)C1. The van der Waals surface area contributed by atoms with Gasteiger partial charge in [-0.05, 0) is 44.2 Å². The summed E-state index contributed by atoms with van der Waals surface area (Å²) in [4.78, 5) is 31.3. The number of rotatable bonds is 7. The number of carbonyl (C=O) groups is 2. The molecule has 0 radical (unpaired) electrons. The van der Waals surface area contributed by atoms with E-state index in [1.54, 1.807) is 6.20 Å². The first-order valence-electron chi connectivity index (χ1n) is 10.5. The van der Waals surface area contributed by atoms with Crippen molar-refractivity contribution in [3.8, 4) is 0 Å². The van der Waals surface area contributed by atoms with Gasteiger partial charge in [-0.2, -0.15) is 0 Å². The Morgan fingerprint density at radius 2 is 1.89 bits per heavy atom. The average Bonchev–Trinajstić information content (AvgIpc) is 3.24. The molecule has 2 heterocycles. The van der Waals surface area contributed by atoms with Gasteiger partial charge in [0.15, 0.2) is 0 Å². The summed E-state index contributed by atoms with van der Waals surface area (Å²) in [6.45, 7) is 4.51. The average molecular weight is 373 g/mol. The van der Waals surface area contributed by atoms with E-state index in [9.17, 15) is 9.59 Å². The first kappa shape index (κ1) is 19.6. The number of pyridine rings is 1. The molecule has 0 aromatic carbocycles. The Bertz CT molecular complexity index is 626. The van der Waals surface area contributed by atoms with Gasteiger partial charge in [0.1, 0.15) is 5.82 Å². The molecule has 3 rings (SSSR count). The quantitative estimate of drug-likeness (QED) is 0.720. The third-order valence-electron chi connectivity index (χ3n) is 5.69. The molecule has 2 amide bonds. The number of unbranched alkanes of at least 4 members (excludes halogenated alkanes) is 1. The van der Waals surface area contributed by atoms with Crippen LogP contribution in [-0.4, -0.2) is 36.4 Å². The van der Waals surface area contributed by atoms with Crippen LogP contribution in [0.2, 0.25) is 0 Å². The van der Waals surface area contributed by atoms with E-state index in [-0.39, 0.29) is 23.7 Å². The second-order valence-corrected chi connectivity index (χ2v) is 7.81. The Balaban J connectivity index is 1.53. The summed E-state index contributed by atoms with van der Waals surface area (Å²) in [6, 6.07) is 3.86. The highest BCUT2D eigenvalue weighted by Crippen LogP contribution is 2.27. The van der Waals surface area contributed by atoms with E-state index < -0.39 is 0 Å². The van der Waals surface area contributed by atoms with Gasteiger partial charge in [-0.25, -0.2) is 4.98 Å². The van der Waals surface area contributed by atoms with Crippen molar-refractivity contribution in [2.24, 2.45) is 11.8 Å². The van der Waals surface area contributed by atoms with Crippen molar-refractivity contribution in [1.29, 1.82) is 0 Å². The topological polar surface area (TPSA) is 74.3 Å². The van der Waals surface area contributed by atoms with E-state index in [0.717, 1.165) is 76.0 Å². The zero-order valence-corrected chi connectivity index (χ0v) is 16.4. The number of hydrogen-bond donors (Lipinski definition) is 2. The number of carbonyl (C=O) groups excluding carboxylic acids is 2. The molecule has 1 unspecified atom stereocenters. The van der Waals surface area contributed by atoms with Gasteiger partial charge in [-0.15, -0.1) is 0 Å². The fraction of sp³-hybridized carbons (Fsp3) is 0.667. The first-order valence-corrected chi connectivity index (χ1v) is 10.5. The van der Waals surface area contributed by atoms with Crippen molar-refractivity contribution >= 4 is 23.3 Å². The summed E-state index contributed by atoms with van der Waals surface area (Å²) < 4.78 is 0. The summed E-state index contributed by atoms with van der Waals surface area (Å²) >= 11 is 0. The van der Waals surface area contributed by atoms with Gasteiger partial charge in [-0.3, -0.25) is 9.59 Å². The minimum absolute atomic E-state index is 0.0270. The summed E-state index contributed by atoms with van der Waals surface area (Å²) in [5.41, 5.74) is 0.751. The predicted octanol–water partition coefficient (Wildman–Crippen LogP) is 3.34. The third kappa shape index (κ3) is 5.44. The number of amides is 2. The van der Waals surface area contributed by atoms with Gasteiger partial charge in [0.05, 0.1) is 17.8 Å². The molecular weight excluding hydrogens is 340 g/mol. The highest BCUT2D eigenvalue weighted by molar-refractivity contribution is 5.92. The maximum absolute atomic E-state index is 12.3. The van der Waals surface area contributed by atoms with Crippen LogP contribution in [0.25, 0.3) is 0 Å². The molecule has 1 aromatic heterocycles. The number of nitrogens with zero attached hydrogens (tertiary/aromatic N) is 2. The second-order valence-electron chi connectivity index (χ2n) is 7.81. The molecule has 1 aliphatic carbocycles. The van der Waals surface area contributed by atoms with E-state index in [1.807, 2.05) is 12.1 Å². The van der Waals surface area contributed by atoms with Crippen LogP contribution in [0.5, 0.6) is 0 Å². The predicted molar refractivity (Wildman–Crippen MR) is 108 cm³/mol. The van der Waals surface area contributed by atoms with Crippen LogP contribution in [0.15, 0.2) is 18.3 Å². The lowest BCUT2D eigenvalue weighted by Crippen LogP contribution is -2.43. The lowest BCUT2D eigenvalue weighted by Gasteiger charge is -2.33. The van der Waals surface area contributed by atoms with Gasteiger partial charge >= 0.3 is 0 Å². The molecule has 1 aromatic rings. The Labute approximate surface area is 162 Å². The Hall–Kier alpha value is -2.11. The molecule has 1 atom stereocenters. The number of anilines is 2. The van der Waals surface area contributed by atoms with Gasteiger partial charge in [0.25, 0.3) is 0 Å². The van der Waals surface area contributed by atoms with Gasteiger partial charge in [0, 0.05) is 25.6 Å². The molecule has 27 heavy (non-hydrogen) atoms. The van der Waals surface area contributed by atoms with Crippen molar-refractivity contribution in [3.05, 3.63) is 18.3 Å². The minimum Gasteiger partial charge on any atom is -0.356 e. The Kier molecular flexibility index (Phi) is 7.07. The van der Waals surface area contributed by atoms with Crippen LogP contribution in [-0.2, 0) is 9.59 Å². The van der Waals surface area contributed by atoms with E-state index >= 15 is 0 Å². The molecule has 1 saturated heterocycles. The van der Waals surface area contributed by atoms with Crippen LogP contribution in [0.3, 0.4) is 0 Å². The number of hydrogen-bond acceptors (Lipinski definition) is 4. The largest absolute Gasteiger partial charge is 0.356 e. The molecule has 2 fully saturated rings. The van der Waals surface area contributed by atoms with Gasteiger partial charge in [-0.1, -0.05) is 26.2 Å². The van der Waals surface area contributed by atoms with Crippen LogP contribution >= 0.6 is 0 Å². The normalized spacial score (nSPS) is 20.5. The molecule has 2 N–H and O–H groups in total. The van der Waals surface area contributed by atoms with Crippen molar-refractivity contribution in [2.75, 3.05) is 29.9 Å². The molecule has 6 heteroatoms. The third-order valence-corrected chi connectivity index (χ3v) is 5.69. The number of piperidine rings is 1. The summed E-state index contributed by atoms with van der Waals surface area (Å²) in [5, 5.41) is 6.03. The second kappa shape index (κ2) is 9.72. The van der Waals surface area contributed by atoms with E-state index in [1.165, 1.54) is 0 Å². The van der Waals surface area contributed by atoms with Crippen molar-refractivity contribution in [3.63, 3.8) is 0 Å². The maximum atomic E-state index is 12.3. The molecular formula is C21H32N4O2. The summed E-state index contributed by atoms with van der Waals surface area (Å²) in [6.07, 6.45) is 10.1. The molecule has 2 aliphatic rings. The number of aromatic nitrogens is 1. The van der Waals surface area contributed by atoms with Crippen LogP contribution < -0.4 is 15.5 Å². The molecule has 1 saturated carbocycles. The highest BCUT2D eigenvalue weighted by atomic mass is 16.2. The fourth-order valence-electron chi connectivity index (χ4n) is 4.01.